The zero-order valence-electron chi connectivity index (χ0n) is 15.9. The number of rotatable bonds is 7. The van der Waals surface area contributed by atoms with Gasteiger partial charge >= 0.3 is 5.03 Å². The van der Waals surface area contributed by atoms with Crippen LogP contribution in [0.25, 0.3) is 16.6 Å². The van der Waals surface area contributed by atoms with Gasteiger partial charge in [-0.3, -0.25) is 0 Å². The summed E-state index contributed by atoms with van der Waals surface area (Å²) in [5.41, 5.74) is 0.848. The minimum Gasteiger partial charge on any atom is -0.604 e. The van der Waals surface area contributed by atoms with E-state index in [0.717, 1.165) is 5.39 Å². The summed E-state index contributed by atoms with van der Waals surface area (Å²) in [5, 5.41) is 11.8. The van der Waals surface area contributed by atoms with Crippen molar-refractivity contribution >= 4 is 32.6 Å². The van der Waals surface area contributed by atoms with Crippen LogP contribution in [0.1, 0.15) is 0 Å². The summed E-state index contributed by atoms with van der Waals surface area (Å²) in [6.07, 6.45) is 0. The minimum atomic E-state index is -3.92. The second-order valence-corrected chi connectivity index (χ2v) is 8.07. The maximum Gasteiger partial charge on any atom is 0.317 e. The molecule has 4 aromatic rings. The lowest BCUT2D eigenvalue weighted by Gasteiger charge is -2.13. The van der Waals surface area contributed by atoms with Crippen LogP contribution in [-0.4, -0.2) is 51.7 Å². The van der Waals surface area contributed by atoms with Gasteiger partial charge in [0.25, 0.3) is 0 Å². The van der Waals surface area contributed by atoms with Gasteiger partial charge in [0.2, 0.25) is 5.65 Å². The summed E-state index contributed by atoms with van der Waals surface area (Å²) in [6.45, 7) is 1.00. The second kappa shape index (κ2) is 7.74. The first kappa shape index (κ1) is 19.2. The number of nitrogens with zero attached hydrogens (tertiary/aromatic N) is 4. The third kappa shape index (κ3) is 3.41. The van der Waals surface area contributed by atoms with E-state index < -0.39 is 10.2 Å². The van der Waals surface area contributed by atoms with E-state index in [4.69, 9.17) is 9.47 Å². The van der Waals surface area contributed by atoms with E-state index in [1.54, 1.807) is 19.2 Å². The van der Waals surface area contributed by atoms with Crippen molar-refractivity contribution < 1.29 is 18.2 Å². The number of para-hydroxylation sites is 1. The van der Waals surface area contributed by atoms with Gasteiger partial charge in [0.15, 0.2) is 4.90 Å². The highest BCUT2D eigenvalue weighted by Gasteiger charge is 2.32. The van der Waals surface area contributed by atoms with Crippen LogP contribution in [0.4, 0.5) is 5.82 Å². The first-order valence-corrected chi connectivity index (χ1v) is 10.3. The predicted octanol–water partition coefficient (Wildman–Crippen LogP) is 2.39. The van der Waals surface area contributed by atoms with Crippen LogP contribution in [0, 0.1) is 0 Å². The summed E-state index contributed by atoms with van der Waals surface area (Å²) >= 11 is 0. The lowest BCUT2D eigenvalue weighted by atomic mass is 10.2. The number of benzene rings is 2. The van der Waals surface area contributed by atoms with Crippen LogP contribution >= 0.6 is 0 Å². The monoisotopic (exact) mass is 413 g/mol. The molecule has 2 aromatic heterocycles. The molecule has 0 spiro atoms. The molecule has 29 heavy (non-hydrogen) atoms. The van der Waals surface area contributed by atoms with E-state index in [1.807, 2.05) is 24.3 Å². The highest BCUT2D eigenvalue weighted by atomic mass is 32.3. The maximum atomic E-state index is 13.2. The summed E-state index contributed by atoms with van der Waals surface area (Å²) in [4.78, 5) is 4.62. The molecule has 0 bridgehead atoms. The van der Waals surface area contributed by atoms with E-state index in [9.17, 15) is 8.76 Å². The van der Waals surface area contributed by atoms with Crippen LogP contribution in [0.5, 0.6) is 5.75 Å². The smallest absolute Gasteiger partial charge is 0.317 e. The van der Waals surface area contributed by atoms with Gasteiger partial charge in [0.05, 0.1) is 19.2 Å². The molecule has 2 aromatic carbocycles. The van der Waals surface area contributed by atoms with Crippen molar-refractivity contribution in [2.75, 3.05) is 32.7 Å². The van der Waals surface area contributed by atoms with Crippen molar-refractivity contribution in [2.45, 2.75) is 9.92 Å². The molecule has 0 aliphatic heterocycles. The molecule has 0 saturated heterocycles. The molecule has 1 atom stereocenters. The Morgan fingerprint density at radius 2 is 1.90 bits per heavy atom. The molecule has 150 valence electrons. The van der Waals surface area contributed by atoms with Gasteiger partial charge in [-0.2, -0.15) is 4.52 Å². The molecule has 0 amide bonds. The number of hydrogen-bond donors (Lipinski definition) is 1. The van der Waals surface area contributed by atoms with Crippen LogP contribution in [0.3, 0.4) is 0 Å². The number of fused-ring (bicyclic) bond motifs is 3. The van der Waals surface area contributed by atoms with E-state index in [0.29, 0.717) is 30.2 Å². The van der Waals surface area contributed by atoms with Gasteiger partial charge in [-0.1, -0.05) is 26.7 Å². The summed E-state index contributed by atoms with van der Waals surface area (Å²) in [6, 6.07) is 13.6. The summed E-state index contributed by atoms with van der Waals surface area (Å²) in [5.74, 6) is 1.10. The van der Waals surface area contributed by atoms with Gasteiger partial charge in [-0.05, 0) is 36.4 Å². The zero-order chi connectivity index (χ0) is 20.4. The topological polar surface area (TPSA) is 114 Å². The normalized spacial score (nSPS) is 13.5. The van der Waals surface area contributed by atoms with E-state index in [2.05, 4.69) is 20.6 Å². The largest absolute Gasteiger partial charge is 0.604 e. The lowest BCUT2D eigenvalue weighted by molar-refractivity contribution is 0.210. The summed E-state index contributed by atoms with van der Waals surface area (Å²) < 4.78 is 38.0. The van der Waals surface area contributed by atoms with Crippen LogP contribution < -0.4 is 10.1 Å². The van der Waals surface area contributed by atoms with Gasteiger partial charge in [0.1, 0.15) is 21.8 Å². The first-order valence-electron chi connectivity index (χ1n) is 8.82. The van der Waals surface area contributed by atoms with E-state index in [-0.39, 0.29) is 15.6 Å². The second-order valence-electron chi connectivity index (χ2n) is 6.21. The molecule has 0 aliphatic rings. The SMILES string of the molecule is COCCNc1nc2c([S+](=O)([O-])c3ccc(OC)cc3)nnn2c2ccccc12. The van der Waals surface area contributed by atoms with E-state index >= 15 is 0 Å². The van der Waals surface area contributed by atoms with Crippen molar-refractivity contribution in [1.82, 2.24) is 19.8 Å². The Hall–Kier alpha value is -3.08. The Morgan fingerprint density at radius 1 is 1.14 bits per heavy atom. The van der Waals surface area contributed by atoms with Gasteiger partial charge in [0, 0.05) is 19.0 Å². The third-order valence-corrected chi connectivity index (χ3v) is 6.11. The maximum absolute atomic E-state index is 13.2. The van der Waals surface area contributed by atoms with Crippen LogP contribution in [0.15, 0.2) is 58.5 Å². The Kier molecular flexibility index (Phi) is 5.14. The Morgan fingerprint density at radius 3 is 2.62 bits per heavy atom. The van der Waals surface area contributed by atoms with Crippen LogP contribution in [0.2, 0.25) is 0 Å². The predicted molar refractivity (Wildman–Crippen MR) is 107 cm³/mol. The standard InChI is InChI=1S/C19H19N5O4S/c1-27-12-11-20-17-15-5-3-4-6-16(15)24-18(21-17)19(22-23-24)29(25,26)14-9-7-13(28-2)8-10-14/h3-10H,11-12H2,1-2H3,(H-,20,21,25,26). The van der Waals surface area contributed by atoms with Crippen molar-refractivity contribution in [2.24, 2.45) is 0 Å². The minimum absolute atomic E-state index is 0.0875. The molecule has 4 rings (SSSR count). The Balaban J connectivity index is 1.88. The lowest BCUT2D eigenvalue weighted by Crippen LogP contribution is -2.14. The number of sulfone groups is 1. The fourth-order valence-electron chi connectivity index (χ4n) is 2.99. The van der Waals surface area contributed by atoms with Crippen molar-refractivity contribution in [3.05, 3.63) is 48.5 Å². The average Bonchev–Trinajstić information content (AvgIpc) is 3.19. The molecular weight excluding hydrogens is 394 g/mol. The molecule has 0 saturated carbocycles. The number of aromatic nitrogens is 4. The van der Waals surface area contributed by atoms with Gasteiger partial charge in [-0.25, -0.2) is 4.98 Å². The molecule has 10 heteroatoms. The van der Waals surface area contributed by atoms with Gasteiger partial charge < -0.3 is 19.3 Å². The fraction of sp³-hybridized carbons (Fsp3) is 0.211. The Labute approximate surface area is 167 Å². The zero-order valence-corrected chi connectivity index (χ0v) is 16.7. The van der Waals surface area contributed by atoms with E-state index in [1.165, 1.54) is 23.8 Å². The molecular formula is C19H19N5O4S. The molecule has 0 fully saturated rings. The number of anilines is 1. The Bertz CT molecular complexity index is 1210. The molecule has 1 N–H and O–H groups in total. The molecule has 0 aliphatic carbocycles. The highest BCUT2D eigenvalue weighted by molar-refractivity contribution is 7.97. The first-order chi connectivity index (χ1) is 14.1. The molecule has 2 heterocycles. The summed E-state index contributed by atoms with van der Waals surface area (Å²) in [7, 11) is -0.797. The van der Waals surface area contributed by atoms with Crippen molar-refractivity contribution in [3.8, 4) is 5.75 Å². The van der Waals surface area contributed by atoms with Crippen molar-refractivity contribution in [1.29, 1.82) is 0 Å². The number of hydrogen-bond acceptors (Lipinski definition) is 8. The third-order valence-electron chi connectivity index (χ3n) is 4.44. The number of methoxy groups -OCH3 is 2. The number of nitrogens with one attached hydrogen (secondary N) is 1. The number of ether oxygens (including phenoxy) is 2. The molecule has 9 nitrogen and oxygen atoms in total. The quantitative estimate of drug-likeness (QED) is 0.363. The van der Waals surface area contributed by atoms with Crippen molar-refractivity contribution in [3.63, 3.8) is 0 Å². The molecule has 0 radical (unpaired) electrons. The van der Waals surface area contributed by atoms with Crippen LogP contribution in [-0.2, 0) is 19.2 Å². The van der Waals surface area contributed by atoms with Gasteiger partial charge in [-0.15, -0.1) is 0 Å². The fourth-order valence-corrected chi connectivity index (χ4v) is 4.23. The highest BCUT2D eigenvalue weighted by Crippen LogP contribution is 2.31. The molecule has 1 unspecified atom stereocenters. The average molecular weight is 413 g/mol.